The van der Waals surface area contributed by atoms with Gasteiger partial charge in [0.05, 0.1) is 6.10 Å². The van der Waals surface area contributed by atoms with E-state index in [-0.39, 0.29) is 17.6 Å². The molecule has 82 valence electrons. The first-order chi connectivity index (χ1) is 6.38. The molecule has 0 aromatic heterocycles. The number of nitrogens with two attached hydrogens (primary N) is 1. The number of nitrogens with zero attached hydrogens (tertiary/aromatic N) is 1. The van der Waals surface area contributed by atoms with E-state index in [1.165, 1.54) is 0 Å². The first-order valence-electron chi connectivity index (χ1n) is 5.13. The lowest BCUT2D eigenvalue weighted by atomic mass is 10.00. The molecule has 0 bridgehead atoms. The minimum atomic E-state index is -0.329. The molecule has 0 radical (unpaired) electrons. The van der Waals surface area contributed by atoms with Crippen molar-refractivity contribution in [2.24, 2.45) is 5.73 Å². The lowest BCUT2D eigenvalue weighted by Gasteiger charge is -2.20. The van der Waals surface area contributed by atoms with Crippen LogP contribution in [-0.2, 0) is 4.79 Å². The number of β-amino-alcohol motifs (C(OH)–C–C–N with tert-alkyl or cyclic N) is 1. The molecule has 0 aromatic carbocycles. The zero-order chi connectivity index (χ0) is 10.8. The molecule has 1 saturated heterocycles. The Kier molecular flexibility index (Phi) is 3.50. The van der Waals surface area contributed by atoms with Crippen LogP contribution in [0.2, 0.25) is 0 Å². The molecule has 1 aliphatic rings. The van der Waals surface area contributed by atoms with Crippen LogP contribution in [0.3, 0.4) is 0 Å². The van der Waals surface area contributed by atoms with Crippen molar-refractivity contribution in [1.29, 1.82) is 0 Å². The van der Waals surface area contributed by atoms with Crippen LogP contribution in [0, 0.1) is 0 Å². The van der Waals surface area contributed by atoms with E-state index >= 15 is 0 Å². The summed E-state index contributed by atoms with van der Waals surface area (Å²) in [5.41, 5.74) is 5.51. The van der Waals surface area contributed by atoms with Gasteiger partial charge in [-0.3, -0.25) is 4.79 Å². The number of carbonyl (C=O) groups excluding carboxylic acids is 1. The van der Waals surface area contributed by atoms with E-state index in [1.807, 2.05) is 13.8 Å². The number of hydrogen-bond donors (Lipinski definition) is 2. The van der Waals surface area contributed by atoms with Gasteiger partial charge in [0.2, 0.25) is 5.91 Å². The third-order valence-corrected chi connectivity index (χ3v) is 2.50. The Hall–Kier alpha value is -0.610. The van der Waals surface area contributed by atoms with Gasteiger partial charge in [0, 0.05) is 25.0 Å². The fourth-order valence-corrected chi connectivity index (χ4v) is 1.56. The Labute approximate surface area is 85.1 Å². The van der Waals surface area contributed by atoms with Crippen molar-refractivity contribution in [3.63, 3.8) is 0 Å². The SMILES string of the molecule is CC(C)(N)CCC(=O)N1CCC(O)C1. The minimum absolute atomic E-state index is 0.111. The number of aliphatic hydroxyl groups excluding tert-OH is 1. The number of likely N-dealkylation sites (tertiary alicyclic amines) is 1. The van der Waals surface area contributed by atoms with Gasteiger partial charge in [-0.1, -0.05) is 0 Å². The quantitative estimate of drug-likeness (QED) is 0.679. The molecule has 1 aliphatic heterocycles. The Bertz CT molecular complexity index is 211. The lowest BCUT2D eigenvalue weighted by Crippen LogP contribution is -2.35. The summed E-state index contributed by atoms with van der Waals surface area (Å²) < 4.78 is 0. The average Bonchev–Trinajstić information content (AvgIpc) is 2.46. The topological polar surface area (TPSA) is 66.6 Å². The first-order valence-corrected chi connectivity index (χ1v) is 5.13. The van der Waals surface area contributed by atoms with E-state index < -0.39 is 0 Å². The van der Waals surface area contributed by atoms with Crippen LogP contribution in [0.25, 0.3) is 0 Å². The standard InChI is InChI=1S/C10H20N2O2/c1-10(2,11)5-3-9(14)12-6-4-8(13)7-12/h8,13H,3-7,11H2,1-2H3. The van der Waals surface area contributed by atoms with Crippen LogP contribution in [-0.4, -0.2) is 40.6 Å². The molecule has 1 fully saturated rings. The molecule has 1 amide bonds. The summed E-state index contributed by atoms with van der Waals surface area (Å²) in [5, 5.41) is 9.26. The predicted molar refractivity (Wildman–Crippen MR) is 54.7 cm³/mol. The highest BCUT2D eigenvalue weighted by Crippen LogP contribution is 2.13. The number of carbonyl (C=O) groups is 1. The number of hydrogen-bond acceptors (Lipinski definition) is 3. The van der Waals surface area contributed by atoms with E-state index in [1.54, 1.807) is 4.90 Å². The summed E-state index contributed by atoms with van der Waals surface area (Å²) in [5.74, 6) is 0.111. The molecular formula is C10H20N2O2. The molecule has 4 heteroatoms. The third kappa shape index (κ3) is 3.64. The van der Waals surface area contributed by atoms with Gasteiger partial charge in [-0.15, -0.1) is 0 Å². The molecule has 0 aliphatic carbocycles. The van der Waals surface area contributed by atoms with E-state index in [9.17, 15) is 9.90 Å². The van der Waals surface area contributed by atoms with Crippen LogP contribution in [0.5, 0.6) is 0 Å². The molecule has 0 spiro atoms. The number of rotatable bonds is 3. The summed E-state index contributed by atoms with van der Waals surface area (Å²) in [7, 11) is 0. The van der Waals surface area contributed by atoms with Gasteiger partial charge < -0.3 is 15.7 Å². The van der Waals surface area contributed by atoms with E-state index in [0.717, 1.165) is 0 Å². The maximum atomic E-state index is 11.6. The fraction of sp³-hybridized carbons (Fsp3) is 0.900. The summed E-state index contributed by atoms with van der Waals surface area (Å²) in [6.45, 7) is 5.01. The molecule has 4 nitrogen and oxygen atoms in total. The average molecular weight is 200 g/mol. The molecule has 1 unspecified atom stereocenters. The lowest BCUT2D eigenvalue weighted by molar-refractivity contribution is -0.130. The van der Waals surface area contributed by atoms with Crippen LogP contribution >= 0.6 is 0 Å². The highest BCUT2D eigenvalue weighted by atomic mass is 16.3. The first kappa shape index (κ1) is 11.5. The molecule has 1 atom stereocenters. The van der Waals surface area contributed by atoms with Gasteiger partial charge in [0.1, 0.15) is 0 Å². The highest BCUT2D eigenvalue weighted by molar-refractivity contribution is 5.76. The van der Waals surface area contributed by atoms with Crippen molar-refractivity contribution in [3.8, 4) is 0 Å². The molecule has 1 heterocycles. The van der Waals surface area contributed by atoms with Crippen LogP contribution in [0.1, 0.15) is 33.1 Å². The summed E-state index contributed by atoms with van der Waals surface area (Å²) in [6.07, 6.45) is 1.55. The van der Waals surface area contributed by atoms with Crippen molar-refractivity contribution >= 4 is 5.91 Å². The molecule has 1 rings (SSSR count). The minimum Gasteiger partial charge on any atom is -0.391 e. The second-order valence-corrected chi connectivity index (χ2v) is 4.77. The monoisotopic (exact) mass is 200 g/mol. The maximum Gasteiger partial charge on any atom is 0.222 e. The Morgan fingerprint density at radius 1 is 1.64 bits per heavy atom. The van der Waals surface area contributed by atoms with Gasteiger partial charge in [0.15, 0.2) is 0 Å². The van der Waals surface area contributed by atoms with Crippen molar-refractivity contribution in [2.45, 2.75) is 44.8 Å². The fourth-order valence-electron chi connectivity index (χ4n) is 1.56. The molecular weight excluding hydrogens is 180 g/mol. The Balaban J connectivity index is 2.29. The van der Waals surface area contributed by atoms with E-state index in [4.69, 9.17) is 5.73 Å². The third-order valence-electron chi connectivity index (χ3n) is 2.50. The van der Waals surface area contributed by atoms with Crippen LogP contribution in [0.15, 0.2) is 0 Å². The summed E-state index contributed by atoms with van der Waals surface area (Å²) in [4.78, 5) is 13.3. The summed E-state index contributed by atoms with van der Waals surface area (Å²) >= 11 is 0. The van der Waals surface area contributed by atoms with Crippen molar-refractivity contribution in [1.82, 2.24) is 4.90 Å². The maximum absolute atomic E-state index is 11.6. The van der Waals surface area contributed by atoms with Gasteiger partial charge in [0.25, 0.3) is 0 Å². The second kappa shape index (κ2) is 4.28. The van der Waals surface area contributed by atoms with Crippen LogP contribution < -0.4 is 5.73 Å². The molecule has 14 heavy (non-hydrogen) atoms. The largest absolute Gasteiger partial charge is 0.391 e. The van der Waals surface area contributed by atoms with Gasteiger partial charge in [-0.2, -0.15) is 0 Å². The van der Waals surface area contributed by atoms with Crippen molar-refractivity contribution in [2.75, 3.05) is 13.1 Å². The summed E-state index contributed by atoms with van der Waals surface area (Å²) in [6, 6.07) is 0. The molecule has 3 N–H and O–H groups in total. The van der Waals surface area contributed by atoms with Gasteiger partial charge in [-0.05, 0) is 26.7 Å². The Morgan fingerprint density at radius 3 is 2.71 bits per heavy atom. The van der Waals surface area contributed by atoms with Crippen LogP contribution in [0.4, 0.5) is 0 Å². The second-order valence-electron chi connectivity index (χ2n) is 4.77. The number of aliphatic hydroxyl groups is 1. The zero-order valence-electron chi connectivity index (χ0n) is 8.99. The van der Waals surface area contributed by atoms with Crippen molar-refractivity contribution in [3.05, 3.63) is 0 Å². The normalized spacial score (nSPS) is 22.9. The highest BCUT2D eigenvalue weighted by Gasteiger charge is 2.25. The molecule has 0 saturated carbocycles. The van der Waals surface area contributed by atoms with E-state index in [2.05, 4.69) is 0 Å². The van der Waals surface area contributed by atoms with Gasteiger partial charge >= 0.3 is 0 Å². The molecule has 0 aromatic rings. The van der Waals surface area contributed by atoms with Crippen molar-refractivity contribution < 1.29 is 9.90 Å². The smallest absolute Gasteiger partial charge is 0.222 e. The predicted octanol–water partition coefficient (Wildman–Crippen LogP) is 0.0971. The zero-order valence-corrected chi connectivity index (χ0v) is 8.99. The number of amides is 1. The van der Waals surface area contributed by atoms with Gasteiger partial charge in [-0.25, -0.2) is 0 Å². The van der Waals surface area contributed by atoms with E-state index in [0.29, 0.717) is 32.4 Å². The Morgan fingerprint density at radius 2 is 2.29 bits per heavy atom.